The van der Waals surface area contributed by atoms with Gasteiger partial charge in [-0.25, -0.2) is 0 Å². The minimum Gasteiger partial charge on any atom is -0.481 e. The Hall–Kier alpha value is -1.14. The number of hydrogen-bond donors (Lipinski definition) is 2. The van der Waals surface area contributed by atoms with Crippen LogP contribution in [0.3, 0.4) is 0 Å². The van der Waals surface area contributed by atoms with Crippen molar-refractivity contribution >= 4 is 11.9 Å². The normalized spacial score (nSPS) is 26.0. The van der Waals surface area contributed by atoms with Crippen molar-refractivity contribution in [1.82, 2.24) is 10.2 Å². The molecular formula is C12H20N2O4. The number of carbonyl (C=O) groups is 2. The van der Waals surface area contributed by atoms with Crippen molar-refractivity contribution in [2.24, 2.45) is 5.92 Å². The summed E-state index contributed by atoms with van der Waals surface area (Å²) in [6.07, 6.45) is 1.78. The average Bonchev–Trinajstić information content (AvgIpc) is 2.39. The van der Waals surface area contributed by atoms with Crippen LogP contribution < -0.4 is 5.32 Å². The molecule has 6 heteroatoms. The zero-order chi connectivity index (χ0) is 13.0. The van der Waals surface area contributed by atoms with E-state index in [1.165, 1.54) is 0 Å². The van der Waals surface area contributed by atoms with Gasteiger partial charge in [0.25, 0.3) is 0 Å². The molecule has 0 aliphatic carbocycles. The molecule has 0 aromatic heterocycles. The monoisotopic (exact) mass is 256 g/mol. The number of ether oxygens (including phenoxy) is 1. The molecule has 1 atom stereocenters. The van der Waals surface area contributed by atoms with E-state index in [4.69, 9.17) is 9.84 Å². The van der Waals surface area contributed by atoms with Crippen LogP contribution in [0.15, 0.2) is 0 Å². The highest BCUT2D eigenvalue weighted by Crippen LogP contribution is 2.21. The predicted octanol–water partition coefficient (Wildman–Crippen LogP) is -0.312. The molecule has 0 radical (unpaired) electrons. The van der Waals surface area contributed by atoms with Crippen molar-refractivity contribution in [3.8, 4) is 0 Å². The topological polar surface area (TPSA) is 78.9 Å². The average molecular weight is 256 g/mol. The second-order valence-corrected chi connectivity index (χ2v) is 4.95. The van der Waals surface area contributed by atoms with Crippen molar-refractivity contribution in [2.75, 3.05) is 32.8 Å². The first-order chi connectivity index (χ1) is 8.66. The molecule has 1 unspecified atom stereocenters. The van der Waals surface area contributed by atoms with Gasteiger partial charge in [0.2, 0.25) is 5.91 Å². The molecule has 6 nitrogen and oxygen atoms in total. The number of carboxylic acid groups (broad SMARTS) is 1. The van der Waals surface area contributed by atoms with Gasteiger partial charge in [-0.2, -0.15) is 0 Å². The number of piperidine rings is 1. The van der Waals surface area contributed by atoms with Crippen molar-refractivity contribution < 1.29 is 19.4 Å². The highest BCUT2D eigenvalue weighted by atomic mass is 16.5. The first-order valence-electron chi connectivity index (χ1n) is 6.48. The summed E-state index contributed by atoms with van der Waals surface area (Å²) in [6, 6.07) is -0.227. The smallest absolute Gasteiger partial charge is 0.303 e. The Kier molecular flexibility index (Phi) is 4.54. The molecule has 18 heavy (non-hydrogen) atoms. The van der Waals surface area contributed by atoms with Gasteiger partial charge >= 0.3 is 5.97 Å². The lowest BCUT2D eigenvalue weighted by atomic mass is 9.93. The Bertz CT molecular complexity index is 307. The lowest BCUT2D eigenvalue weighted by Gasteiger charge is -2.35. The van der Waals surface area contributed by atoms with Crippen LogP contribution in [0.5, 0.6) is 0 Å². The van der Waals surface area contributed by atoms with Gasteiger partial charge in [-0.1, -0.05) is 0 Å². The number of nitrogens with one attached hydrogen (secondary N) is 1. The zero-order valence-electron chi connectivity index (χ0n) is 10.4. The molecule has 2 aliphatic heterocycles. The summed E-state index contributed by atoms with van der Waals surface area (Å²) < 4.78 is 5.28. The molecule has 0 aromatic rings. The second kappa shape index (κ2) is 6.15. The minimum absolute atomic E-state index is 0.0866. The van der Waals surface area contributed by atoms with E-state index < -0.39 is 5.97 Å². The number of nitrogens with zero attached hydrogens (tertiary/aromatic N) is 1. The maximum absolute atomic E-state index is 12.1. The summed E-state index contributed by atoms with van der Waals surface area (Å²) in [5.41, 5.74) is 0. The third-order valence-corrected chi connectivity index (χ3v) is 3.61. The summed E-state index contributed by atoms with van der Waals surface area (Å²) in [6.45, 7) is 3.13. The van der Waals surface area contributed by atoms with Crippen LogP contribution in [-0.2, 0) is 14.3 Å². The van der Waals surface area contributed by atoms with Crippen LogP contribution in [0.1, 0.15) is 19.3 Å². The first kappa shape index (κ1) is 13.3. The maximum atomic E-state index is 12.1. The molecule has 0 aromatic carbocycles. The Morgan fingerprint density at radius 1 is 1.33 bits per heavy atom. The number of hydrogen-bond acceptors (Lipinski definition) is 4. The maximum Gasteiger partial charge on any atom is 0.303 e. The summed E-state index contributed by atoms with van der Waals surface area (Å²) in [5.74, 6) is -0.451. The number of carbonyl (C=O) groups excluding carboxylic acids is 1. The predicted molar refractivity (Wildman–Crippen MR) is 64.2 cm³/mol. The first-order valence-corrected chi connectivity index (χ1v) is 6.48. The zero-order valence-corrected chi connectivity index (χ0v) is 10.4. The number of amides is 1. The molecule has 2 rings (SSSR count). The number of rotatable bonds is 3. The van der Waals surface area contributed by atoms with Crippen LogP contribution in [0, 0.1) is 5.92 Å². The van der Waals surface area contributed by atoms with E-state index in [-0.39, 0.29) is 24.3 Å². The SMILES string of the molecule is O=C(O)CC1CCN(C(=O)C2COCCN2)CC1. The fourth-order valence-electron chi connectivity index (χ4n) is 2.55. The van der Waals surface area contributed by atoms with Crippen LogP contribution in [-0.4, -0.2) is 60.8 Å². The Morgan fingerprint density at radius 2 is 2.06 bits per heavy atom. The summed E-state index contributed by atoms with van der Waals surface area (Å²) in [4.78, 5) is 24.6. The van der Waals surface area contributed by atoms with E-state index in [0.29, 0.717) is 32.8 Å². The molecule has 0 saturated carbocycles. The van der Waals surface area contributed by atoms with Gasteiger partial charge in [0.05, 0.1) is 13.2 Å². The second-order valence-electron chi connectivity index (χ2n) is 4.95. The Balaban J connectivity index is 1.78. The third kappa shape index (κ3) is 3.43. The summed E-state index contributed by atoms with van der Waals surface area (Å²) >= 11 is 0. The van der Waals surface area contributed by atoms with E-state index in [9.17, 15) is 9.59 Å². The van der Waals surface area contributed by atoms with Crippen molar-refractivity contribution in [1.29, 1.82) is 0 Å². The van der Waals surface area contributed by atoms with Gasteiger partial charge in [0.15, 0.2) is 0 Å². The van der Waals surface area contributed by atoms with Gasteiger partial charge in [0, 0.05) is 26.1 Å². The molecule has 1 amide bonds. The van der Waals surface area contributed by atoms with Gasteiger partial charge in [-0.05, 0) is 18.8 Å². The minimum atomic E-state index is -0.748. The molecule has 2 saturated heterocycles. The van der Waals surface area contributed by atoms with Crippen LogP contribution in [0.4, 0.5) is 0 Å². The molecule has 2 aliphatic rings. The van der Waals surface area contributed by atoms with Crippen molar-refractivity contribution in [3.63, 3.8) is 0 Å². The van der Waals surface area contributed by atoms with Crippen LogP contribution in [0.2, 0.25) is 0 Å². The van der Waals surface area contributed by atoms with E-state index in [0.717, 1.165) is 12.8 Å². The van der Waals surface area contributed by atoms with E-state index in [2.05, 4.69) is 5.32 Å². The lowest BCUT2D eigenvalue weighted by Crippen LogP contribution is -2.54. The van der Waals surface area contributed by atoms with E-state index in [1.807, 2.05) is 4.90 Å². The van der Waals surface area contributed by atoms with Crippen molar-refractivity contribution in [3.05, 3.63) is 0 Å². The number of carboxylic acids is 1. The van der Waals surface area contributed by atoms with Gasteiger partial charge in [-0.3, -0.25) is 9.59 Å². The standard InChI is InChI=1S/C12H20N2O4/c15-11(16)7-9-1-4-14(5-2-9)12(17)10-8-18-6-3-13-10/h9-10,13H,1-8H2,(H,15,16). The number of likely N-dealkylation sites (tertiary alicyclic amines) is 1. The molecule has 0 spiro atoms. The molecule has 2 fully saturated rings. The Labute approximate surface area is 106 Å². The van der Waals surface area contributed by atoms with Gasteiger partial charge in [-0.15, -0.1) is 0 Å². The third-order valence-electron chi connectivity index (χ3n) is 3.61. The quantitative estimate of drug-likeness (QED) is 0.724. The van der Waals surface area contributed by atoms with Gasteiger partial charge < -0.3 is 20.1 Å². The molecule has 2 N–H and O–H groups in total. The Morgan fingerprint density at radius 3 is 2.61 bits per heavy atom. The summed E-state index contributed by atoms with van der Waals surface area (Å²) in [5, 5.41) is 11.9. The van der Waals surface area contributed by atoms with Crippen LogP contribution in [0.25, 0.3) is 0 Å². The molecule has 2 heterocycles. The molecule has 102 valence electrons. The largest absolute Gasteiger partial charge is 0.481 e. The molecule has 0 bridgehead atoms. The fraction of sp³-hybridized carbons (Fsp3) is 0.833. The number of morpholine rings is 1. The van der Waals surface area contributed by atoms with E-state index >= 15 is 0 Å². The number of aliphatic carboxylic acids is 1. The van der Waals surface area contributed by atoms with Crippen LogP contribution >= 0.6 is 0 Å². The highest BCUT2D eigenvalue weighted by molar-refractivity contribution is 5.82. The van der Waals surface area contributed by atoms with Gasteiger partial charge in [0.1, 0.15) is 6.04 Å². The fourth-order valence-corrected chi connectivity index (χ4v) is 2.55. The van der Waals surface area contributed by atoms with Crippen molar-refractivity contribution in [2.45, 2.75) is 25.3 Å². The summed E-state index contributed by atoms with van der Waals surface area (Å²) in [7, 11) is 0. The highest BCUT2D eigenvalue weighted by Gasteiger charge is 2.29. The lowest BCUT2D eigenvalue weighted by molar-refractivity contribution is -0.139. The molecular weight excluding hydrogens is 236 g/mol. The van der Waals surface area contributed by atoms with E-state index in [1.54, 1.807) is 0 Å².